The number of aliphatic imine (C=N–C) groups is 1. The van der Waals surface area contributed by atoms with Crippen molar-refractivity contribution in [2.24, 2.45) is 4.99 Å². The largest absolute Gasteiger partial charge is 0.354 e. The molecular formula is C25H36IN5O. The topological polar surface area (TPSA) is 68.8 Å². The second-order valence-corrected chi connectivity index (χ2v) is 7.93. The summed E-state index contributed by atoms with van der Waals surface area (Å²) >= 11 is 0. The molecule has 32 heavy (non-hydrogen) atoms. The van der Waals surface area contributed by atoms with Gasteiger partial charge in [0.15, 0.2) is 5.96 Å². The smallest absolute Gasteiger partial charge is 0.251 e. The predicted octanol–water partition coefficient (Wildman–Crippen LogP) is 3.95. The van der Waals surface area contributed by atoms with Crippen molar-refractivity contribution in [3.8, 4) is 0 Å². The molecular weight excluding hydrogens is 513 g/mol. The van der Waals surface area contributed by atoms with Gasteiger partial charge in [-0.2, -0.15) is 0 Å². The molecule has 1 atom stereocenters. The Morgan fingerprint density at radius 2 is 1.78 bits per heavy atom. The molecule has 6 nitrogen and oxygen atoms in total. The summed E-state index contributed by atoms with van der Waals surface area (Å²) in [6.07, 6.45) is 3.45. The number of carbonyl (C=O) groups excluding carboxylic acids is 1. The van der Waals surface area contributed by atoms with Gasteiger partial charge in [0.2, 0.25) is 0 Å². The molecule has 174 valence electrons. The van der Waals surface area contributed by atoms with Crippen LogP contribution in [-0.2, 0) is 6.54 Å². The van der Waals surface area contributed by atoms with Crippen LogP contribution in [-0.4, -0.2) is 50.0 Å². The van der Waals surface area contributed by atoms with E-state index in [2.05, 4.69) is 56.2 Å². The first-order chi connectivity index (χ1) is 15.2. The highest BCUT2D eigenvalue weighted by molar-refractivity contribution is 14.0. The van der Waals surface area contributed by atoms with E-state index in [1.807, 2.05) is 31.2 Å². The van der Waals surface area contributed by atoms with Crippen LogP contribution in [0.4, 0.5) is 0 Å². The number of halogens is 1. The molecule has 7 heteroatoms. The number of carbonyl (C=O) groups is 1. The Labute approximate surface area is 209 Å². The molecule has 3 rings (SSSR count). The summed E-state index contributed by atoms with van der Waals surface area (Å²) in [4.78, 5) is 19.2. The van der Waals surface area contributed by atoms with E-state index in [1.165, 1.54) is 18.4 Å². The zero-order valence-corrected chi connectivity index (χ0v) is 21.5. The van der Waals surface area contributed by atoms with Crippen LogP contribution < -0.4 is 16.0 Å². The van der Waals surface area contributed by atoms with Gasteiger partial charge in [-0.15, -0.1) is 24.0 Å². The van der Waals surface area contributed by atoms with Gasteiger partial charge in [-0.05, 0) is 55.6 Å². The number of guanidine groups is 1. The highest BCUT2D eigenvalue weighted by Crippen LogP contribution is 2.24. The standard InChI is InChI=1S/C25H35N5O.HI/c1-3-14-27-24(31)22-13-9-10-20(17-22)18-28-25(26-2)29-19-23(30-15-7-8-16-30)21-11-5-4-6-12-21;/h4-6,9-13,17,23H,3,7-8,14-16,18-19H2,1-2H3,(H,27,31)(H2,26,28,29);1H. The van der Waals surface area contributed by atoms with Crippen molar-refractivity contribution in [1.82, 2.24) is 20.9 Å². The Kier molecular flexibility index (Phi) is 11.5. The lowest BCUT2D eigenvalue weighted by Crippen LogP contribution is -2.42. The molecule has 0 aromatic heterocycles. The quantitative estimate of drug-likeness (QED) is 0.252. The average molecular weight is 550 g/mol. The monoisotopic (exact) mass is 549 g/mol. The van der Waals surface area contributed by atoms with Crippen molar-refractivity contribution in [3.63, 3.8) is 0 Å². The summed E-state index contributed by atoms with van der Waals surface area (Å²) in [5.74, 6) is 0.739. The number of hydrogen-bond acceptors (Lipinski definition) is 3. The fraction of sp³-hybridized carbons (Fsp3) is 0.440. The fourth-order valence-corrected chi connectivity index (χ4v) is 3.95. The Morgan fingerprint density at radius 3 is 2.47 bits per heavy atom. The third-order valence-electron chi connectivity index (χ3n) is 5.64. The van der Waals surface area contributed by atoms with Crippen LogP contribution in [0, 0.1) is 0 Å². The van der Waals surface area contributed by atoms with Gasteiger partial charge in [-0.25, -0.2) is 0 Å². The van der Waals surface area contributed by atoms with Crippen LogP contribution in [0.15, 0.2) is 59.6 Å². The van der Waals surface area contributed by atoms with E-state index in [0.717, 1.165) is 37.6 Å². The summed E-state index contributed by atoms with van der Waals surface area (Å²) in [5.41, 5.74) is 3.07. The third-order valence-corrected chi connectivity index (χ3v) is 5.64. The maximum Gasteiger partial charge on any atom is 0.251 e. The fourth-order valence-electron chi connectivity index (χ4n) is 3.95. The number of nitrogens with zero attached hydrogens (tertiary/aromatic N) is 2. The van der Waals surface area contributed by atoms with Crippen molar-refractivity contribution in [3.05, 3.63) is 71.3 Å². The lowest BCUT2D eigenvalue weighted by molar-refractivity contribution is 0.0953. The molecule has 0 spiro atoms. The molecule has 1 aliphatic heterocycles. The third kappa shape index (κ3) is 7.78. The van der Waals surface area contributed by atoms with Crippen molar-refractivity contribution >= 4 is 35.8 Å². The molecule has 2 aromatic rings. The SMILES string of the molecule is CCCNC(=O)c1cccc(CNC(=NC)NCC(c2ccccc2)N2CCCC2)c1.I. The molecule has 1 unspecified atom stereocenters. The number of amides is 1. The molecule has 0 saturated carbocycles. The van der Waals surface area contributed by atoms with Gasteiger partial charge < -0.3 is 16.0 Å². The highest BCUT2D eigenvalue weighted by Gasteiger charge is 2.23. The lowest BCUT2D eigenvalue weighted by Gasteiger charge is -2.29. The molecule has 2 aromatic carbocycles. The van der Waals surface area contributed by atoms with Gasteiger partial charge in [0.05, 0.1) is 6.04 Å². The van der Waals surface area contributed by atoms with E-state index in [-0.39, 0.29) is 29.9 Å². The summed E-state index contributed by atoms with van der Waals surface area (Å²) in [5, 5.41) is 9.81. The molecule has 0 aliphatic carbocycles. The van der Waals surface area contributed by atoms with Gasteiger partial charge in [0.1, 0.15) is 0 Å². The lowest BCUT2D eigenvalue weighted by atomic mass is 10.1. The first kappa shape index (κ1) is 26.1. The van der Waals surface area contributed by atoms with Gasteiger partial charge in [-0.1, -0.05) is 49.4 Å². The minimum atomic E-state index is -0.0254. The minimum absolute atomic E-state index is 0. The Hall–Kier alpha value is -2.13. The second-order valence-electron chi connectivity index (χ2n) is 7.93. The summed E-state index contributed by atoms with van der Waals surface area (Å²) < 4.78 is 0. The summed E-state index contributed by atoms with van der Waals surface area (Å²) in [7, 11) is 1.79. The van der Waals surface area contributed by atoms with E-state index >= 15 is 0 Å². The minimum Gasteiger partial charge on any atom is -0.354 e. The van der Waals surface area contributed by atoms with Crippen molar-refractivity contribution in [2.75, 3.05) is 33.2 Å². The van der Waals surface area contributed by atoms with E-state index in [1.54, 1.807) is 7.05 Å². The zero-order valence-electron chi connectivity index (χ0n) is 19.1. The Morgan fingerprint density at radius 1 is 1.03 bits per heavy atom. The van der Waals surface area contributed by atoms with E-state index in [9.17, 15) is 4.79 Å². The molecule has 1 amide bonds. The molecule has 0 radical (unpaired) electrons. The normalized spacial score (nSPS) is 15.0. The number of rotatable bonds is 9. The van der Waals surface area contributed by atoms with Crippen molar-refractivity contribution in [1.29, 1.82) is 0 Å². The predicted molar refractivity (Wildman–Crippen MR) is 143 cm³/mol. The van der Waals surface area contributed by atoms with Gasteiger partial charge in [0.25, 0.3) is 5.91 Å². The Balaban J connectivity index is 0.00000363. The van der Waals surface area contributed by atoms with Gasteiger partial charge in [-0.3, -0.25) is 14.7 Å². The average Bonchev–Trinajstić information content (AvgIpc) is 3.35. The maximum absolute atomic E-state index is 12.2. The highest BCUT2D eigenvalue weighted by atomic mass is 127. The maximum atomic E-state index is 12.2. The van der Waals surface area contributed by atoms with Crippen LogP contribution in [0.2, 0.25) is 0 Å². The van der Waals surface area contributed by atoms with Crippen LogP contribution >= 0.6 is 24.0 Å². The van der Waals surface area contributed by atoms with Gasteiger partial charge in [0, 0.05) is 32.2 Å². The molecule has 1 heterocycles. The molecule has 0 bridgehead atoms. The molecule has 1 fully saturated rings. The van der Waals surface area contributed by atoms with Crippen LogP contribution in [0.1, 0.15) is 53.7 Å². The van der Waals surface area contributed by atoms with Crippen molar-refractivity contribution < 1.29 is 4.79 Å². The molecule has 1 aliphatic rings. The van der Waals surface area contributed by atoms with Crippen LogP contribution in [0.25, 0.3) is 0 Å². The Bertz CT molecular complexity index is 852. The first-order valence-corrected chi connectivity index (χ1v) is 11.3. The summed E-state index contributed by atoms with van der Waals surface area (Å²) in [6.45, 7) is 6.42. The number of nitrogens with one attached hydrogen (secondary N) is 3. The van der Waals surface area contributed by atoms with Crippen LogP contribution in [0.3, 0.4) is 0 Å². The number of hydrogen-bond donors (Lipinski definition) is 3. The van der Waals surface area contributed by atoms with Gasteiger partial charge >= 0.3 is 0 Å². The van der Waals surface area contributed by atoms with Crippen molar-refractivity contribution in [2.45, 2.75) is 38.8 Å². The zero-order chi connectivity index (χ0) is 21.9. The molecule has 1 saturated heterocycles. The van der Waals surface area contributed by atoms with E-state index < -0.39 is 0 Å². The summed E-state index contributed by atoms with van der Waals surface area (Å²) in [6, 6.07) is 18.7. The van der Waals surface area contributed by atoms with E-state index in [4.69, 9.17) is 0 Å². The second kappa shape index (κ2) is 14.1. The number of likely N-dealkylation sites (tertiary alicyclic amines) is 1. The number of benzene rings is 2. The first-order valence-electron chi connectivity index (χ1n) is 11.3. The van der Waals surface area contributed by atoms with Crippen LogP contribution in [0.5, 0.6) is 0 Å². The molecule has 3 N–H and O–H groups in total. The van der Waals surface area contributed by atoms with E-state index in [0.29, 0.717) is 24.7 Å².